The summed E-state index contributed by atoms with van der Waals surface area (Å²) in [7, 11) is -3.93. The highest BCUT2D eigenvalue weighted by Gasteiger charge is 2.21. The minimum absolute atomic E-state index is 0.0202. The van der Waals surface area contributed by atoms with E-state index < -0.39 is 10.0 Å². The van der Waals surface area contributed by atoms with Gasteiger partial charge in [0.25, 0.3) is 10.0 Å². The fourth-order valence-corrected chi connectivity index (χ4v) is 3.06. The minimum Gasteiger partial charge on any atom is -0.280 e. The Kier molecular flexibility index (Phi) is 3.70. The van der Waals surface area contributed by atoms with E-state index in [4.69, 9.17) is 16.9 Å². The third-order valence-corrected chi connectivity index (χ3v) is 4.45. The maximum absolute atomic E-state index is 12.3. The molecule has 0 unspecified atom stereocenters. The van der Waals surface area contributed by atoms with Crippen LogP contribution in [0, 0.1) is 25.2 Å². The van der Waals surface area contributed by atoms with Crippen LogP contribution in [0.25, 0.3) is 0 Å². The molecule has 8 heteroatoms. The van der Waals surface area contributed by atoms with Crippen LogP contribution in [0.4, 0.5) is 5.82 Å². The van der Waals surface area contributed by atoms with E-state index in [0.29, 0.717) is 5.56 Å². The molecule has 0 aliphatic heterocycles. The summed E-state index contributed by atoms with van der Waals surface area (Å²) in [6, 6.07) is 5.88. The molecule has 0 fully saturated rings. The van der Waals surface area contributed by atoms with Gasteiger partial charge in [0.05, 0.1) is 5.56 Å². The normalized spacial score (nSPS) is 11.1. The Bertz CT molecular complexity index is 805. The van der Waals surface area contributed by atoms with Gasteiger partial charge in [-0.25, -0.2) is 8.42 Å². The van der Waals surface area contributed by atoms with Crippen LogP contribution in [0.3, 0.4) is 0 Å². The van der Waals surface area contributed by atoms with E-state index in [1.54, 1.807) is 13.8 Å². The second-order valence-electron chi connectivity index (χ2n) is 4.18. The molecule has 0 aliphatic carbocycles. The number of rotatable bonds is 3. The highest BCUT2D eigenvalue weighted by molar-refractivity contribution is 7.92. The molecule has 0 bridgehead atoms. The smallest absolute Gasteiger partial charge is 0.264 e. The molecule has 0 radical (unpaired) electrons. The van der Waals surface area contributed by atoms with Crippen LogP contribution in [0.1, 0.15) is 16.8 Å². The summed E-state index contributed by atoms with van der Waals surface area (Å²) in [5.41, 5.74) is 1.47. The summed E-state index contributed by atoms with van der Waals surface area (Å²) < 4.78 is 27.0. The van der Waals surface area contributed by atoms with E-state index in [1.807, 2.05) is 6.07 Å². The molecule has 0 saturated heterocycles. The molecule has 2 rings (SSSR count). The first kappa shape index (κ1) is 14.4. The second kappa shape index (κ2) is 5.15. The van der Waals surface area contributed by atoms with Gasteiger partial charge in [-0.3, -0.25) is 9.82 Å². The minimum atomic E-state index is -3.93. The second-order valence-corrected chi connectivity index (χ2v) is 6.27. The first-order valence-electron chi connectivity index (χ1n) is 5.59. The SMILES string of the molecule is Cc1[nH]nc(NS(=O)(=O)c2cc(Cl)ccc2C#N)c1C. The van der Waals surface area contributed by atoms with Crippen molar-refractivity contribution < 1.29 is 8.42 Å². The molecule has 0 spiro atoms. The molecule has 6 nitrogen and oxygen atoms in total. The zero-order chi connectivity index (χ0) is 14.9. The fraction of sp³-hybridized carbons (Fsp3) is 0.167. The van der Waals surface area contributed by atoms with Crippen molar-refractivity contribution >= 4 is 27.4 Å². The molecule has 2 aromatic rings. The van der Waals surface area contributed by atoms with Crippen molar-refractivity contribution in [2.75, 3.05) is 4.72 Å². The zero-order valence-corrected chi connectivity index (χ0v) is 12.3. The Balaban J connectivity index is 2.49. The summed E-state index contributed by atoms with van der Waals surface area (Å²) in [4.78, 5) is -0.174. The van der Waals surface area contributed by atoms with Crippen molar-refractivity contribution in [1.82, 2.24) is 10.2 Å². The number of aromatic amines is 1. The molecule has 0 aliphatic rings. The summed E-state index contributed by atoms with van der Waals surface area (Å²) >= 11 is 5.79. The summed E-state index contributed by atoms with van der Waals surface area (Å²) in [5.74, 6) is 0.200. The van der Waals surface area contributed by atoms with Gasteiger partial charge in [-0.05, 0) is 32.0 Å². The van der Waals surface area contributed by atoms with Gasteiger partial charge in [0.1, 0.15) is 11.0 Å². The maximum Gasteiger partial charge on any atom is 0.264 e. The van der Waals surface area contributed by atoms with Crippen LogP contribution >= 0.6 is 11.6 Å². The number of nitrogens with zero attached hydrogens (tertiary/aromatic N) is 2. The number of nitriles is 1. The molecule has 1 aromatic heterocycles. The van der Waals surface area contributed by atoms with Crippen LogP contribution in [0.15, 0.2) is 23.1 Å². The molecule has 104 valence electrons. The highest BCUT2D eigenvalue weighted by atomic mass is 35.5. The number of hydrogen-bond acceptors (Lipinski definition) is 4. The molecule has 2 N–H and O–H groups in total. The predicted molar refractivity (Wildman–Crippen MR) is 75.0 cm³/mol. The maximum atomic E-state index is 12.3. The molecule has 0 saturated carbocycles. The van der Waals surface area contributed by atoms with E-state index >= 15 is 0 Å². The Morgan fingerprint density at radius 1 is 1.40 bits per heavy atom. The Hall–Kier alpha value is -2.04. The van der Waals surface area contributed by atoms with Crippen molar-refractivity contribution in [2.24, 2.45) is 0 Å². The van der Waals surface area contributed by atoms with Gasteiger partial charge >= 0.3 is 0 Å². The Morgan fingerprint density at radius 3 is 2.65 bits per heavy atom. The van der Waals surface area contributed by atoms with Gasteiger partial charge in [-0.15, -0.1) is 0 Å². The van der Waals surface area contributed by atoms with Gasteiger partial charge in [0, 0.05) is 16.3 Å². The third-order valence-electron chi connectivity index (χ3n) is 2.84. The average molecular weight is 311 g/mol. The number of nitrogens with one attached hydrogen (secondary N) is 2. The number of sulfonamides is 1. The fourth-order valence-electron chi connectivity index (χ4n) is 1.58. The lowest BCUT2D eigenvalue weighted by molar-refractivity contribution is 0.600. The lowest BCUT2D eigenvalue weighted by Gasteiger charge is -2.08. The molecule has 0 atom stereocenters. The molecule has 1 heterocycles. The highest BCUT2D eigenvalue weighted by Crippen LogP contribution is 2.24. The van der Waals surface area contributed by atoms with E-state index in [0.717, 1.165) is 5.69 Å². The van der Waals surface area contributed by atoms with Crippen molar-refractivity contribution in [1.29, 1.82) is 5.26 Å². The van der Waals surface area contributed by atoms with E-state index in [-0.39, 0.29) is 21.3 Å². The largest absolute Gasteiger partial charge is 0.280 e. The quantitative estimate of drug-likeness (QED) is 0.909. The molecule has 1 aromatic carbocycles. The Labute approximate surface area is 121 Å². The van der Waals surface area contributed by atoms with Crippen LogP contribution < -0.4 is 4.72 Å². The van der Waals surface area contributed by atoms with E-state index in [2.05, 4.69) is 14.9 Å². The molecule has 20 heavy (non-hydrogen) atoms. The number of benzene rings is 1. The Morgan fingerprint density at radius 2 is 2.10 bits per heavy atom. The number of halogens is 1. The molecular formula is C12H11ClN4O2S. The first-order valence-corrected chi connectivity index (χ1v) is 7.45. The predicted octanol–water partition coefficient (Wildman–Crippen LogP) is 2.35. The van der Waals surface area contributed by atoms with Gasteiger partial charge in [-0.1, -0.05) is 11.6 Å². The van der Waals surface area contributed by atoms with Crippen molar-refractivity contribution in [3.8, 4) is 6.07 Å². The van der Waals surface area contributed by atoms with Gasteiger partial charge in [0.15, 0.2) is 5.82 Å². The van der Waals surface area contributed by atoms with Crippen LogP contribution in [0.5, 0.6) is 0 Å². The van der Waals surface area contributed by atoms with Crippen LogP contribution in [0.2, 0.25) is 5.02 Å². The third kappa shape index (κ3) is 2.61. The number of hydrogen-bond donors (Lipinski definition) is 2. The molecular weight excluding hydrogens is 300 g/mol. The van der Waals surface area contributed by atoms with Crippen molar-refractivity contribution in [2.45, 2.75) is 18.7 Å². The first-order chi connectivity index (χ1) is 9.35. The van der Waals surface area contributed by atoms with Gasteiger partial charge in [-0.2, -0.15) is 10.4 Å². The van der Waals surface area contributed by atoms with Crippen molar-refractivity contribution in [3.05, 3.63) is 40.0 Å². The average Bonchev–Trinajstić information content (AvgIpc) is 2.70. The summed E-state index contributed by atoms with van der Waals surface area (Å²) in [5, 5.41) is 15.8. The number of aryl methyl sites for hydroxylation is 1. The molecule has 0 amide bonds. The number of anilines is 1. The summed E-state index contributed by atoms with van der Waals surface area (Å²) in [6.45, 7) is 3.51. The van der Waals surface area contributed by atoms with Crippen molar-refractivity contribution in [3.63, 3.8) is 0 Å². The lowest BCUT2D eigenvalue weighted by atomic mass is 10.2. The summed E-state index contributed by atoms with van der Waals surface area (Å²) in [6.07, 6.45) is 0. The van der Waals surface area contributed by atoms with Crippen LogP contribution in [-0.4, -0.2) is 18.6 Å². The van der Waals surface area contributed by atoms with E-state index in [9.17, 15) is 8.42 Å². The number of H-pyrrole nitrogens is 1. The van der Waals surface area contributed by atoms with Gasteiger partial charge in [0.2, 0.25) is 0 Å². The zero-order valence-electron chi connectivity index (χ0n) is 10.7. The topological polar surface area (TPSA) is 98.6 Å². The monoisotopic (exact) mass is 310 g/mol. The number of aromatic nitrogens is 2. The standard InChI is InChI=1S/C12H11ClN4O2S/c1-7-8(2)15-16-12(7)17-20(18,19)11-5-10(13)4-3-9(11)6-14/h3-5H,1-2H3,(H2,15,16,17). The van der Waals surface area contributed by atoms with E-state index in [1.165, 1.54) is 18.2 Å². The van der Waals surface area contributed by atoms with Crippen LogP contribution in [-0.2, 0) is 10.0 Å². The van der Waals surface area contributed by atoms with Gasteiger partial charge < -0.3 is 0 Å². The lowest BCUT2D eigenvalue weighted by Crippen LogP contribution is -2.15.